The maximum Gasteiger partial charge on any atom is 0.140 e. The van der Waals surface area contributed by atoms with E-state index in [0.717, 1.165) is 36.3 Å². The highest BCUT2D eigenvalue weighted by molar-refractivity contribution is 7.98. The van der Waals surface area contributed by atoms with Crippen molar-refractivity contribution in [1.29, 1.82) is 0 Å². The summed E-state index contributed by atoms with van der Waals surface area (Å²) in [6.45, 7) is 7.69. The number of thioether (sulfide) groups is 1. The molecule has 3 nitrogen and oxygen atoms in total. The second-order valence-corrected chi connectivity index (χ2v) is 7.44. The molecule has 1 aromatic heterocycles. The third kappa shape index (κ3) is 5.50. The number of anilines is 1. The molecule has 0 aliphatic heterocycles. The molecule has 0 atom stereocenters. The quantitative estimate of drug-likeness (QED) is 0.745. The lowest BCUT2D eigenvalue weighted by Gasteiger charge is -2.13. The smallest absolute Gasteiger partial charge is 0.140 e. The van der Waals surface area contributed by atoms with Crippen molar-refractivity contribution in [3.8, 4) is 0 Å². The van der Waals surface area contributed by atoms with Gasteiger partial charge >= 0.3 is 0 Å². The topological polar surface area (TPSA) is 37.8 Å². The Labute approximate surface area is 133 Å². The number of hydrogen-bond acceptors (Lipinski definition) is 4. The van der Waals surface area contributed by atoms with E-state index in [9.17, 15) is 0 Å². The van der Waals surface area contributed by atoms with Gasteiger partial charge in [-0.05, 0) is 30.9 Å². The molecule has 0 bridgehead atoms. The molecule has 1 aliphatic rings. The van der Waals surface area contributed by atoms with Crippen LogP contribution in [-0.4, -0.2) is 22.3 Å². The fourth-order valence-electron chi connectivity index (χ4n) is 2.74. The summed E-state index contributed by atoms with van der Waals surface area (Å²) >= 11 is 1.95. The van der Waals surface area contributed by atoms with E-state index in [1.54, 1.807) is 0 Å². The summed E-state index contributed by atoms with van der Waals surface area (Å²) in [7, 11) is 0. The normalized spacial score (nSPS) is 15.8. The molecule has 0 aromatic carbocycles. The average Bonchev–Trinajstić information content (AvgIpc) is 2.99. The van der Waals surface area contributed by atoms with Crippen LogP contribution in [0.3, 0.4) is 0 Å². The highest BCUT2D eigenvalue weighted by atomic mass is 32.2. The summed E-state index contributed by atoms with van der Waals surface area (Å²) in [5, 5.41) is 3.44. The van der Waals surface area contributed by atoms with Crippen LogP contribution in [0.1, 0.15) is 70.3 Å². The summed E-state index contributed by atoms with van der Waals surface area (Å²) in [5.41, 5.74) is 1.27. The standard InChI is InChI=1S/C17H29N3S/c1-4-9-18-16-10-15(14-7-5-6-8-14)19-17(20-16)12-21-11-13(2)3/h10,13-14H,4-9,11-12H2,1-3H3,(H,18,19,20). The van der Waals surface area contributed by atoms with Crippen LogP contribution < -0.4 is 5.32 Å². The second-order valence-electron chi connectivity index (χ2n) is 6.41. The lowest BCUT2D eigenvalue weighted by atomic mass is 10.0. The van der Waals surface area contributed by atoms with Crippen molar-refractivity contribution in [1.82, 2.24) is 9.97 Å². The van der Waals surface area contributed by atoms with Gasteiger partial charge in [-0.2, -0.15) is 11.8 Å². The van der Waals surface area contributed by atoms with Crippen LogP contribution in [0.5, 0.6) is 0 Å². The summed E-state index contributed by atoms with van der Waals surface area (Å²) in [4.78, 5) is 9.54. The molecule has 0 spiro atoms. The summed E-state index contributed by atoms with van der Waals surface area (Å²) in [6.07, 6.45) is 6.42. The van der Waals surface area contributed by atoms with Crippen molar-refractivity contribution in [2.24, 2.45) is 5.92 Å². The van der Waals surface area contributed by atoms with E-state index in [1.807, 2.05) is 11.8 Å². The van der Waals surface area contributed by atoms with Crippen LogP contribution in [0.15, 0.2) is 6.07 Å². The first-order valence-electron chi connectivity index (χ1n) is 8.38. The van der Waals surface area contributed by atoms with E-state index in [-0.39, 0.29) is 0 Å². The van der Waals surface area contributed by atoms with E-state index in [1.165, 1.54) is 37.1 Å². The second kappa shape index (κ2) is 8.62. The largest absolute Gasteiger partial charge is 0.370 e. The zero-order valence-electron chi connectivity index (χ0n) is 13.7. The summed E-state index contributed by atoms with van der Waals surface area (Å²) in [5.74, 6) is 5.51. The zero-order chi connectivity index (χ0) is 15.1. The van der Waals surface area contributed by atoms with Crippen LogP contribution in [0.25, 0.3) is 0 Å². The van der Waals surface area contributed by atoms with E-state index < -0.39 is 0 Å². The van der Waals surface area contributed by atoms with Gasteiger partial charge in [-0.15, -0.1) is 0 Å². The van der Waals surface area contributed by atoms with Gasteiger partial charge < -0.3 is 5.32 Å². The summed E-state index contributed by atoms with van der Waals surface area (Å²) < 4.78 is 0. The maximum atomic E-state index is 4.85. The minimum atomic E-state index is 0.657. The zero-order valence-corrected chi connectivity index (χ0v) is 14.5. The first kappa shape index (κ1) is 16.6. The fourth-order valence-corrected chi connectivity index (χ4v) is 3.64. The molecule has 1 saturated carbocycles. The molecule has 0 unspecified atom stereocenters. The van der Waals surface area contributed by atoms with E-state index >= 15 is 0 Å². The lowest BCUT2D eigenvalue weighted by Crippen LogP contribution is -2.08. The van der Waals surface area contributed by atoms with Crippen LogP contribution in [-0.2, 0) is 5.75 Å². The van der Waals surface area contributed by atoms with Gasteiger partial charge in [0, 0.05) is 24.2 Å². The van der Waals surface area contributed by atoms with Gasteiger partial charge in [0.2, 0.25) is 0 Å². The minimum absolute atomic E-state index is 0.657. The van der Waals surface area contributed by atoms with Crippen molar-refractivity contribution >= 4 is 17.6 Å². The van der Waals surface area contributed by atoms with Crippen LogP contribution in [0.2, 0.25) is 0 Å². The Morgan fingerprint density at radius 3 is 2.71 bits per heavy atom. The minimum Gasteiger partial charge on any atom is -0.370 e. The van der Waals surface area contributed by atoms with Gasteiger partial charge in [0.25, 0.3) is 0 Å². The average molecular weight is 308 g/mol. The third-order valence-electron chi connectivity index (χ3n) is 3.80. The van der Waals surface area contributed by atoms with Crippen molar-refractivity contribution in [2.75, 3.05) is 17.6 Å². The number of nitrogens with one attached hydrogen (secondary N) is 1. The molecule has 1 aromatic rings. The molecule has 21 heavy (non-hydrogen) atoms. The molecule has 1 heterocycles. The Morgan fingerprint density at radius 2 is 2.05 bits per heavy atom. The Hall–Kier alpha value is -0.770. The first-order chi connectivity index (χ1) is 10.2. The van der Waals surface area contributed by atoms with E-state index in [0.29, 0.717) is 5.92 Å². The lowest BCUT2D eigenvalue weighted by molar-refractivity contribution is 0.688. The number of hydrogen-bond donors (Lipinski definition) is 1. The Bertz CT molecular complexity index is 428. The van der Waals surface area contributed by atoms with Crippen LogP contribution >= 0.6 is 11.8 Å². The molecule has 118 valence electrons. The Kier molecular flexibility index (Phi) is 6.81. The van der Waals surface area contributed by atoms with Crippen molar-refractivity contribution < 1.29 is 0 Å². The van der Waals surface area contributed by atoms with Crippen molar-refractivity contribution in [3.63, 3.8) is 0 Å². The van der Waals surface area contributed by atoms with Crippen LogP contribution in [0.4, 0.5) is 5.82 Å². The van der Waals surface area contributed by atoms with Gasteiger partial charge in [0.15, 0.2) is 0 Å². The molecule has 0 saturated heterocycles. The molecule has 2 rings (SSSR count). The molecule has 1 N–H and O–H groups in total. The van der Waals surface area contributed by atoms with Gasteiger partial charge in [-0.25, -0.2) is 9.97 Å². The Morgan fingerprint density at radius 1 is 1.29 bits per heavy atom. The number of aromatic nitrogens is 2. The summed E-state index contributed by atoms with van der Waals surface area (Å²) in [6, 6.07) is 2.18. The third-order valence-corrected chi connectivity index (χ3v) is 5.17. The Balaban J connectivity index is 2.07. The maximum absolute atomic E-state index is 4.85. The molecule has 4 heteroatoms. The van der Waals surface area contributed by atoms with E-state index in [2.05, 4.69) is 32.2 Å². The highest BCUT2D eigenvalue weighted by Gasteiger charge is 2.20. The van der Waals surface area contributed by atoms with Crippen molar-refractivity contribution in [2.45, 2.75) is 64.5 Å². The predicted molar refractivity (Wildman–Crippen MR) is 93.0 cm³/mol. The number of rotatable bonds is 8. The SMILES string of the molecule is CCCNc1cc(C2CCCC2)nc(CSCC(C)C)n1. The molecule has 1 aliphatic carbocycles. The van der Waals surface area contributed by atoms with Gasteiger partial charge in [0.1, 0.15) is 11.6 Å². The van der Waals surface area contributed by atoms with Gasteiger partial charge in [-0.1, -0.05) is 33.6 Å². The first-order valence-corrected chi connectivity index (χ1v) is 9.54. The van der Waals surface area contributed by atoms with E-state index in [4.69, 9.17) is 9.97 Å². The highest BCUT2D eigenvalue weighted by Crippen LogP contribution is 2.34. The number of nitrogens with zero attached hydrogens (tertiary/aromatic N) is 2. The fraction of sp³-hybridized carbons (Fsp3) is 0.765. The monoisotopic (exact) mass is 307 g/mol. The molecular formula is C17H29N3S. The predicted octanol–water partition coefficient (Wildman–Crippen LogP) is 4.85. The van der Waals surface area contributed by atoms with Crippen LogP contribution in [0, 0.1) is 5.92 Å². The molecule has 0 radical (unpaired) electrons. The van der Waals surface area contributed by atoms with Gasteiger partial charge in [-0.3, -0.25) is 0 Å². The molecular weight excluding hydrogens is 278 g/mol. The van der Waals surface area contributed by atoms with Gasteiger partial charge in [0.05, 0.1) is 5.75 Å². The molecule has 1 fully saturated rings. The van der Waals surface area contributed by atoms with Crippen molar-refractivity contribution in [3.05, 3.63) is 17.6 Å². The molecule has 0 amide bonds.